The Labute approximate surface area is 50.6 Å². The van der Waals surface area contributed by atoms with Crippen molar-refractivity contribution in [1.29, 1.82) is 0 Å². The molecule has 2 nitrogen and oxygen atoms in total. The first-order valence-corrected chi connectivity index (χ1v) is 2.90. The predicted octanol–water partition coefficient (Wildman–Crippen LogP) is 1.11. The van der Waals surface area contributed by atoms with Crippen LogP contribution in [0.2, 0.25) is 0 Å². The Morgan fingerprint density at radius 3 is 2.88 bits per heavy atom. The lowest BCUT2D eigenvalue weighted by Gasteiger charge is -1.93. The van der Waals surface area contributed by atoms with Crippen molar-refractivity contribution in [3.05, 3.63) is 0 Å². The van der Waals surface area contributed by atoms with Crippen molar-refractivity contribution >= 4 is 6.21 Å². The first kappa shape index (κ1) is 7.63. The van der Waals surface area contributed by atoms with Crippen LogP contribution in [0.4, 0.5) is 0 Å². The Morgan fingerprint density at radius 2 is 2.38 bits per heavy atom. The SMILES string of the molecule is CCCOCC=NC. The highest BCUT2D eigenvalue weighted by molar-refractivity contribution is 5.57. The molecule has 0 aromatic rings. The second-order valence-corrected chi connectivity index (χ2v) is 1.52. The van der Waals surface area contributed by atoms with Crippen LogP contribution in [0, 0.1) is 0 Å². The van der Waals surface area contributed by atoms with E-state index >= 15 is 0 Å². The van der Waals surface area contributed by atoms with E-state index in [0.717, 1.165) is 13.0 Å². The lowest BCUT2D eigenvalue weighted by Crippen LogP contribution is -1.95. The molecule has 0 heterocycles. The molecule has 0 spiro atoms. The fourth-order valence-corrected chi connectivity index (χ4v) is 0.355. The molecule has 0 radical (unpaired) electrons. The van der Waals surface area contributed by atoms with Crippen molar-refractivity contribution in [2.24, 2.45) is 4.99 Å². The Kier molecular flexibility index (Phi) is 6.32. The molecule has 0 atom stereocenters. The third-order valence-corrected chi connectivity index (χ3v) is 0.723. The number of nitrogens with zero attached hydrogens (tertiary/aromatic N) is 1. The van der Waals surface area contributed by atoms with Crippen LogP contribution in [0.25, 0.3) is 0 Å². The number of rotatable bonds is 4. The zero-order valence-corrected chi connectivity index (χ0v) is 5.55. The highest BCUT2D eigenvalue weighted by Crippen LogP contribution is 1.76. The first-order valence-electron chi connectivity index (χ1n) is 2.90. The van der Waals surface area contributed by atoms with Crippen LogP contribution in [0.3, 0.4) is 0 Å². The van der Waals surface area contributed by atoms with Crippen LogP contribution in [0.5, 0.6) is 0 Å². The van der Waals surface area contributed by atoms with E-state index in [1.54, 1.807) is 13.3 Å². The summed E-state index contributed by atoms with van der Waals surface area (Å²) in [5.41, 5.74) is 0. The zero-order valence-electron chi connectivity index (χ0n) is 5.55. The van der Waals surface area contributed by atoms with Gasteiger partial charge in [-0.3, -0.25) is 4.99 Å². The molecular weight excluding hydrogens is 102 g/mol. The number of hydrogen-bond donors (Lipinski definition) is 0. The van der Waals surface area contributed by atoms with Gasteiger partial charge in [0.1, 0.15) is 0 Å². The summed E-state index contributed by atoms with van der Waals surface area (Å²) >= 11 is 0. The molecule has 0 bridgehead atoms. The fraction of sp³-hybridized carbons (Fsp3) is 0.833. The molecule has 0 aliphatic carbocycles. The van der Waals surface area contributed by atoms with E-state index in [4.69, 9.17) is 4.74 Å². The molecule has 8 heavy (non-hydrogen) atoms. The zero-order chi connectivity index (χ0) is 6.24. The van der Waals surface area contributed by atoms with E-state index in [-0.39, 0.29) is 0 Å². The Morgan fingerprint density at radius 1 is 1.62 bits per heavy atom. The molecule has 0 aliphatic rings. The van der Waals surface area contributed by atoms with E-state index < -0.39 is 0 Å². The van der Waals surface area contributed by atoms with Crippen LogP contribution in [-0.2, 0) is 4.74 Å². The second-order valence-electron chi connectivity index (χ2n) is 1.52. The second kappa shape index (κ2) is 6.63. The van der Waals surface area contributed by atoms with Gasteiger partial charge < -0.3 is 4.74 Å². The third-order valence-electron chi connectivity index (χ3n) is 0.723. The summed E-state index contributed by atoms with van der Waals surface area (Å²) in [4.78, 5) is 3.76. The molecule has 0 N–H and O–H groups in total. The third kappa shape index (κ3) is 5.63. The number of ether oxygens (including phenoxy) is 1. The molecule has 0 saturated heterocycles. The summed E-state index contributed by atoms with van der Waals surface area (Å²) in [6.07, 6.45) is 2.84. The molecule has 0 saturated carbocycles. The van der Waals surface area contributed by atoms with Gasteiger partial charge in [-0.2, -0.15) is 0 Å². The van der Waals surface area contributed by atoms with Crippen molar-refractivity contribution in [2.45, 2.75) is 13.3 Å². The normalized spacial score (nSPS) is 10.8. The molecular formula is C6H13NO. The monoisotopic (exact) mass is 115 g/mol. The summed E-state index contributed by atoms with van der Waals surface area (Å²) in [7, 11) is 1.75. The Bertz CT molecular complexity index is 61.5. The average Bonchev–Trinajstić information content (AvgIpc) is 1.81. The summed E-state index contributed by atoms with van der Waals surface area (Å²) in [6.45, 7) is 3.58. The van der Waals surface area contributed by atoms with Crippen LogP contribution < -0.4 is 0 Å². The smallest absolute Gasteiger partial charge is 0.0814 e. The van der Waals surface area contributed by atoms with Gasteiger partial charge in [-0.25, -0.2) is 0 Å². The molecule has 2 heteroatoms. The van der Waals surface area contributed by atoms with Gasteiger partial charge in [-0.15, -0.1) is 0 Å². The largest absolute Gasteiger partial charge is 0.376 e. The Hall–Kier alpha value is -0.370. The van der Waals surface area contributed by atoms with Crippen LogP contribution in [0.1, 0.15) is 13.3 Å². The first-order chi connectivity index (χ1) is 3.91. The highest BCUT2D eigenvalue weighted by Gasteiger charge is 1.76. The molecule has 0 amide bonds. The van der Waals surface area contributed by atoms with E-state index in [0.29, 0.717) is 6.61 Å². The van der Waals surface area contributed by atoms with Gasteiger partial charge in [0.2, 0.25) is 0 Å². The van der Waals surface area contributed by atoms with E-state index in [1.807, 2.05) is 0 Å². The van der Waals surface area contributed by atoms with Gasteiger partial charge in [0.15, 0.2) is 0 Å². The van der Waals surface area contributed by atoms with Crippen molar-refractivity contribution in [3.8, 4) is 0 Å². The van der Waals surface area contributed by atoms with Gasteiger partial charge >= 0.3 is 0 Å². The molecule has 48 valence electrons. The molecule has 0 aromatic heterocycles. The fourth-order valence-electron chi connectivity index (χ4n) is 0.355. The van der Waals surface area contributed by atoms with E-state index in [1.165, 1.54) is 0 Å². The van der Waals surface area contributed by atoms with Crippen molar-refractivity contribution in [1.82, 2.24) is 0 Å². The molecule has 0 unspecified atom stereocenters. The topological polar surface area (TPSA) is 21.6 Å². The van der Waals surface area contributed by atoms with Gasteiger partial charge in [0, 0.05) is 19.9 Å². The lowest BCUT2D eigenvalue weighted by molar-refractivity contribution is 0.175. The van der Waals surface area contributed by atoms with Crippen LogP contribution in [0.15, 0.2) is 4.99 Å². The summed E-state index contributed by atoms with van der Waals surface area (Å²) in [5, 5.41) is 0. The highest BCUT2D eigenvalue weighted by atomic mass is 16.5. The number of aliphatic imine (C=N–C) groups is 1. The van der Waals surface area contributed by atoms with E-state index in [9.17, 15) is 0 Å². The van der Waals surface area contributed by atoms with Gasteiger partial charge in [-0.05, 0) is 6.42 Å². The summed E-state index contributed by atoms with van der Waals surface area (Å²) in [6, 6.07) is 0. The quantitative estimate of drug-likeness (QED) is 0.397. The lowest BCUT2D eigenvalue weighted by atomic mass is 10.5. The maximum Gasteiger partial charge on any atom is 0.0814 e. The van der Waals surface area contributed by atoms with Crippen molar-refractivity contribution < 1.29 is 4.74 Å². The Balaban J connectivity index is 2.72. The predicted molar refractivity (Wildman–Crippen MR) is 35.5 cm³/mol. The minimum Gasteiger partial charge on any atom is -0.376 e. The van der Waals surface area contributed by atoms with Crippen molar-refractivity contribution in [2.75, 3.05) is 20.3 Å². The number of hydrogen-bond acceptors (Lipinski definition) is 2. The summed E-state index contributed by atoms with van der Waals surface area (Å²) < 4.78 is 5.07. The molecule has 0 aromatic carbocycles. The minimum absolute atomic E-state index is 0.657. The molecule has 0 aliphatic heterocycles. The maximum atomic E-state index is 5.07. The van der Waals surface area contributed by atoms with Gasteiger partial charge in [-0.1, -0.05) is 6.92 Å². The van der Waals surface area contributed by atoms with Crippen molar-refractivity contribution in [3.63, 3.8) is 0 Å². The average molecular weight is 115 g/mol. The van der Waals surface area contributed by atoms with Gasteiger partial charge in [0.25, 0.3) is 0 Å². The molecule has 0 rings (SSSR count). The summed E-state index contributed by atoms with van der Waals surface area (Å²) in [5.74, 6) is 0. The minimum atomic E-state index is 0.657. The standard InChI is InChI=1S/C6H13NO/c1-3-5-8-6-4-7-2/h4H,3,5-6H2,1-2H3. The van der Waals surface area contributed by atoms with Crippen LogP contribution >= 0.6 is 0 Å². The van der Waals surface area contributed by atoms with Gasteiger partial charge in [0.05, 0.1) is 6.61 Å². The van der Waals surface area contributed by atoms with E-state index in [2.05, 4.69) is 11.9 Å². The molecule has 0 fully saturated rings. The maximum absolute atomic E-state index is 5.07. The van der Waals surface area contributed by atoms with Crippen LogP contribution in [-0.4, -0.2) is 26.5 Å².